The van der Waals surface area contributed by atoms with Gasteiger partial charge in [-0.15, -0.1) is 0 Å². The minimum absolute atomic E-state index is 0.273. The van der Waals surface area contributed by atoms with Crippen molar-refractivity contribution in [1.29, 1.82) is 0 Å². The summed E-state index contributed by atoms with van der Waals surface area (Å²) in [6, 6.07) is 0. The number of aliphatic carboxylic acids is 1. The van der Waals surface area contributed by atoms with Crippen molar-refractivity contribution in [2.45, 2.75) is 51.9 Å². The first-order valence-corrected chi connectivity index (χ1v) is 6.59. The zero-order chi connectivity index (χ0) is 12.0. The summed E-state index contributed by atoms with van der Waals surface area (Å²) in [5.41, 5.74) is 5.78. The number of rotatable bonds is 6. The van der Waals surface area contributed by atoms with E-state index in [0.717, 1.165) is 12.3 Å². The lowest BCUT2D eigenvalue weighted by Gasteiger charge is -2.33. The first kappa shape index (κ1) is 13.5. The van der Waals surface area contributed by atoms with Crippen LogP contribution < -0.4 is 5.73 Å². The number of carboxylic acid groups (broad SMARTS) is 1. The Bertz CT molecular complexity index is 218. The van der Waals surface area contributed by atoms with E-state index < -0.39 is 5.97 Å². The molecule has 3 N–H and O–H groups in total. The first-order chi connectivity index (χ1) is 7.67. The smallest absolute Gasteiger partial charge is 0.303 e. The molecule has 0 spiro atoms. The fourth-order valence-electron chi connectivity index (χ4n) is 2.99. The van der Waals surface area contributed by atoms with Gasteiger partial charge in [-0.3, -0.25) is 4.79 Å². The Kier molecular flexibility index (Phi) is 5.81. The minimum Gasteiger partial charge on any atom is -0.481 e. The van der Waals surface area contributed by atoms with E-state index in [-0.39, 0.29) is 6.42 Å². The zero-order valence-corrected chi connectivity index (χ0v) is 10.3. The van der Waals surface area contributed by atoms with Gasteiger partial charge in [0.25, 0.3) is 0 Å². The fourth-order valence-corrected chi connectivity index (χ4v) is 2.99. The van der Waals surface area contributed by atoms with Crippen LogP contribution in [0.3, 0.4) is 0 Å². The van der Waals surface area contributed by atoms with Crippen molar-refractivity contribution >= 4 is 5.97 Å². The summed E-state index contributed by atoms with van der Waals surface area (Å²) in [5.74, 6) is 1.24. The third kappa shape index (κ3) is 4.12. The van der Waals surface area contributed by atoms with Crippen LogP contribution in [0.2, 0.25) is 0 Å². The van der Waals surface area contributed by atoms with Crippen LogP contribution in [0.1, 0.15) is 51.9 Å². The highest BCUT2D eigenvalue weighted by Crippen LogP contribution is 2.36. The third-order valence-electron chi connectivity index (χ3n) is 4.10. The zero-order valence-electron chi connectivity index (χ0n) is 10.3. The van der Waals surface area contributed by atoms with Crippen LogP contribution in [0.4, 0.5) is 0 Å². The molecule has 0 heterocycles. The van der Waals surface area contributed by atoms with Crippen LogP contribution in [0, 0.1) is 17.8 Å². The molecule has 1 rings (SSSR count). The molecule has 0 bridgehead atoms. The van der Waals surface area contributed by atoms with Crippen molar-refractivity contribution in [1.82, 2.24) is 0 Å². The summed E-state index contributed by atoms with van der Waals surface area (Å²) in [7, 11) is 0. The van der Waals surface area contributed by atoms with E-state index >= 15 is 0 Å². The van der Waals surface area contributed by atoms with Crippen LogP contribution >= 0.6 is 0 Å². The van der Waals surface area contributed by atoms with Gasteiger partial charge in [-0.25, -0.2) is 0 Å². The molecule has 3 unspecified atom stereocenters. The van der Waals surface area contributed by atoms with E-state index in [9.17, 15) is 4.79 Å². The van der Waals surface area contributed by atoms with E-state index in [2.05, 4.69) is 6.92 Å². The van der Waals surface area contributed by atoms with Crippen molar-refractivity contribution in [3.05, 3.63) is 0 Å². The van der Waals surface area contributed by atoms with Gasteiger partial charge in [0.15, 0.2) is 0 Å². The second-order valence-electron chi connectivity index (χ2n) is 5.13. The van der Waals surface area contributed by atoms with Gasteiger partial charge >= 0.3 is 5.97 Å². The highest BCUT2D eigenvalue weighted by atomic mass is 16.4. The molecule has 0 aromatic heterocycles. The summed E-state index contributed by atoms with van der Waals surface area (Å²) < 4.78 is 0. The van der Waals surface area contributed by atoms with Gasteiger partial charge in [0, 0.05) is 6.42 Å². The Morgan fingerprint density at radius 2 is 2.25 bits per heavy atom. The lowest BCUT2D eigenvalue weighted by molar-refractivity contribution is -0.137. The van der Waals surface area contributed by atoms with E-state index in [1.807, 2.05) is 0 Å². The van der Waals surface area contributed by atoms with Crippen molar-refractivity contribution in [2.75, 3.05) is 6.54 Å². The number of carbonyl (C=O) groups is 1. The second-order valence-corrected chi connectivity index (χ2v) is 5.13. The summed E-state index contributed by atoms with van der Waals surface area (Å²) in [5, 5.41) is 8.71. The molecule has 1 aliphatic carbocycles. The Hall–Kier alpha value is -0.570. The highest BCUT2D eigenvalue weighted by Gasteiger charge is 2.27. The topological polar surface area (TPSA) is 63.3 Å². The maximum Gasteiger partial charge on any atom is 0.303 e. The number of nitrogens with two attached hydrogens (primary N) is 1. The molecular formula is C13H25NO2. The first-order valence-electron chi connectivity index (χ1n) is 6.59. The lowest BCUT2D eigenvalue weighted by Crippen LogP contribution is -2.28. The molecule has 0 aromatic carbocycles. The molecule has 16 heavy (non-hydrogen) atoms. The van der Waals surface area contributed by atoms with Crippen molar-refractivity contribution in [3.8, 4) is 0 Å². The molecule has 3 heteroatoms. The maximum absolute atomic E-state index is 10.6. The molecule has 3 atom stereocenters. The molecule has 1 fully saturated rings. The normalized spacial score (nSPS) is 27.6. The van der Waals surface area contributed by atoms with Gasteiger partial charge in [-0.1, -0.05) is 32.6 Å². The molecule has 3 nitrogen and oxygen atoms in total. The van der Waals surface area contributed by atoms with Crippen LogP contribution in [-0.4, -0.2) is 17.6 Å². The summed E-state index contributed by atoms with van der Waals surface area (Å²) >= 11 is 0. The van der Waals surface area contributed by atoms with Gasteiger partial charge in [0.1, 0.15) is 0 Å². The monoisotopic (exact) mass is 227 g/mol. The second kappa shape index (κ2) is 6.89. The lowest BCUT2D eigenvalue weighted by atomic mass is 9.73. The number of carboxylic acids is 1. The molecule has 0 saturated heterocycles. The molecule has 0 radical (unpaired) electrons. The van der Waals surface area contributed by atoms with Crippen molar-refractivity contribution in [3.63, 3.8) is 0 Å². The Morgan fingerprint density at radius 1 is 1.50 bits per heavy atom. The van der Waals surface area contributed by atoms with E-state index in [1.165, 1.54) is 32.1 Å². The Balaban J connectivity index is 2.41. The summed E-state index contributed by atoms with van der Waals surface area (Å²) in [6.45, 7) is 2.90. The third-order valence-corrected chi connectivity index (χ3v) is 4.10. The van der Waals surface area contributed by atoms with Crippen LogP contribution in [-0.2, 0) is 4.79 Å². The molecular weight excluding hydrogens is 202 g/mol. The molecule has 0 amide bonds. The van der Waals surface area contributed by atoms with Gasteiger partial charge in [-0.2, -0.15) is 0 Å². The molecule has 0 aliphatic heterocycles. The number of hydrogen-bond donors (Lipinski definition) is 2. The standard InChI is InChI=1S/C13H25NO2/c1-2-10-4-3-5-11(8-10)12(9-14)6-7-13(15)16/h10-12H,2-9,14H2,1H3,(H,15,16). The van der Waals surface area contributed by atoms with Crippen LogP contribution in [0.5, 0.6) is 0 Å². The van der Waals surface area contributed by atoms with Crippen molar-refractivity contribution < 1.29 is 9.90 Å². The molecule has 0 aromatic rings. The molecule has 94 valence electrons. The highest BCUT2D eigenvalue weighted by molar-refractivity contribution is 5.66. The van der Waals surface area contributed by atoms with Crippen LogP contribution in [0.25, 0.3) is 0 Å². The van der Waals surface area contributed by atoms with Gasteiger partial charge in [0.05, 0.1) is 0 Å². The largest absolute Gasteiger partial charge is 0.481 e. The van der Waals surface area contributed by atoms with E-state index in [4.69, 9.17) is 10.8 Å². The maximum atomic E-state index is 10.6. The van der Waals surface area contributed by atoms with Gasteiger partial charge < -0.3 is 10.8 Å². The SMILES string of the molecule is CCC1CCCC(C(CN)CCC(=O)O)C1. The Morgan fingerprint density at radius 3 is 2.81 bits per heavy atom. The predicted molar refractivity (Wildman–Crippen MR) is 65.2 cm³/mol. The van der Waals surface area contributed by atoms with Gasteiger partial charge in [-0.05, 0) is 37.1 Å². The molecule has 1 saturated carbocycles. The van der Waals surface area contributed by atoms with E-state index in [1.54, 1.807) is 0 Å². The average molecular weight is 227 g/mol. The number of hydrogen-bond acceptors (Lipinski definition) is 2. The van der Waals surface area contributed by atoms with Gasteiger partial charge in [0.2, 0.25) is 0 Å². The predicted octanol–water partition coefficient (Wildman–Crippen LogP) is 2.64. The van der Waals surface area contributed by atoms with E-state index in [0.29, 0.717) is 18.4 Å². The minimum atomic E-state index is -0.693. The fraction of sp³-hybridized carbons (Fsp3) is 0.923. The quantitative estimate of drug-likeness (QED) is 0.733. The summed E-state index contributed by atoms with van der Waals surface area (Å²) in [4.78, 5) is 10.6. The molecule has 1 aliphatic rings. The summed E-state index contributed by atoms with van der Waals surface area (Å²) in [6.07, 6.45) is 7.45. The van der Waals surface area contributed by atoms with Crippen LogP contribution in [0.15, 0.2) is 0 Å². The Labute approximate surface area is 98.4 Å². The van der Waals surface area contributed by atoms with Crippen molar-refractivity contribution in [2.24, 2.45) is 23.5 Å². The average Bonchev–Trinajstić information content (AvgIpc) is 2.30.